The molecule has 2 heterocycles. The summed E-state index contributed by atoms with van der Waals surface area (Å²) < 4.78 is 0. The lowest BCUT2D eigenvalue weighted by molar-refractivity contribution is 0.104. The van der Waals surface area contributed by atoms with Crippen LogP contribution in [0.2, 0.25) is 5.02 Å². The average Bonchev–Trinajstić information content (AvgIpc) is 2.84. The molecule has 114 valence electrons. The van der Waals surface area contributed by atoms with Gasteiger partial charge in [-0.25, -0.2) is 0 Å². The number of aromatic nitrogens is 1. The number of rotatable bonds is 2. The minimum absolute atomic E-state index is 0.0184. The molecule has 23 heavy (non-hydrogen) atoms. The molecule has 0 spiro atoms. The Labute approximate surface area is 138 Å². The summed E-state index contributed by atoms with van der Waals surface area (Å²) in [6.45, 7) is 0. The molecule has 0 atom stereocenters. The number of aromatic amines is 1. The molecule has 0 bridgehead atoms. The fourth-order valence-corrected chi connectivity index (χ4v) is 3.44. The number of hydrogen-bond acceptors (Lipinski definition) is 6. The van der Waals surface area contributed by atoms with Crippen LogP contribution in [-0.2, 0) is 0 Å². The third kappa shape index (κ3) is 2.34. The van der Waals surface area contributed by atoms with Crippen LogP contribution in [0.4, 0.5) is 11.4 Å². The number of nitrogens with two attached hydrogens (primary N) is 2. The van der Waals surface area contributed by atoms with Gasteiger partial charge in [0.15, 0.2) is 0 Å². The quantitative estimate of drug-likeness (QED) is 0.616. The van der Waals surface area contributed by atoms with E-state index < -0.39 is 5.56 Å². The molecule has 0 fully saturated rings. The summed E-state index contributed by atoms with van der Waals surface area (Å²) in [5.74, 6) is -0.306. The first-order valence-electron chi connectivity index (χ1n) is 6.38. The molecule has 0 aliphatic heterocycles. The number of nitrogens with one attached hydrogen (secondary N) is 1. The zero-order valence-corrected chi connectivity index (χ0v) is 13.1. The summed E-state index contributed by atoms with van der Waals surface area (Å²) in [7, 11) is 0. The number of carbonyl (C=O) groups is 1. The Kier molecular flexibility index (Phi) is 3.56. The summed E-state index contributed by atoms with van der Waals surface area (Å²) in [6, 6.07) is 8.11. The first-order chi connectivity index (χ1) is 10.9. The van der Waals surface area contributed by atoms with E-state index in [2.05, 4.69) is 4.98 Å². The van der Waals surface area contributed by atoms with E-state index in [4.69, 9.17) is 28.3 Å². The van der Waals surface area contributed by atoms with Crippen LogP contribution in [0.1, 0.15) is 20.8 Å². The van der Waals surface area contributed by atoms with Crippen molar-refractivity contribution in [3.8, 4) is 6.07 Å². The molecule has 0 radical (unpaired) electrons. The predicted molar refractivity (Wildman–Crippen MR) is 90.9 cm³/mol. The molecule has 0 unspecified atom stereocenters. The summed E-state index contributed by atoms with van der Waals surface area (Å²) in [5.41, 5.74) is 11.6. The number of thiophene rings is 1. The number of ketones is 1. The van der Waals surface area contributed by atoms with E-state index in [-0.39, 0.29) is 27.6 Å². The number of nitrogen functional groups attached to an aromatic ring is 2. The van der Waals surface area contributed by atoms with Crippen LogP contribution in [0.25, 0.3) is 10.2 Å². The van der Waals surface area contributed by atoms with Gasteiger partial charge in [-0.15, -0.1) is 11.3 Å². The van der Waals surface area contributed by atoms with Crippen molar-refractivity contribution in [1.82, 2.24) is 4.98 Å². The van der Waals surface area contributed by atoms with Crippen molar-refractivity contribution in [2.24, 2.45) is 0 Å². The minimum atomic E-state index is -0.607. The molecular formula is C15H9ClN4O2S. The standard InChI is InChI=1S/C15H9ClN4O2S/c16-7-3-1-6(2-4-7)12(21)13-11(19)9-10(18)8(5-17)14(22)20-15(9)23-13/h1-4H,19H2,(H3,18,20,22). The SMILES string of the molecule is N#Cc1c(N)c2c(N)c(C(=O)c3ccc(Cl)cc3)sc2[nH]c1=O. The third-order valence-corrected chi connectivity index (χ3v) is 4.73. The van der Waals surface area contributed by atoms with E-state index in [9.17, 15) is 9.59 Å². The summed E-state index contributed by atoms with van der Waals surface area (Å²) in [5, 5.41) is 9.84. The maximum atomic E-state index is 12.6. The number of nitrogens with zero attached hydrogens (tertiary/aromatic N) is 1. The highest BCUT2D eigenvalue weighted by atomic mass is 35.5. The van der Waals surface area contributed by atoms with Crippen LogP contribution in [-0.4, -0.2) is 10.8 Å². The summed E-state index contributed by atoms with van der Waals surface area (Å²) in [6.07, 6.45) is 0. The number of carbonyl (C=O) groups excluding carboxylic acids is 1. The maximum absolute atomic E-state index is 12.6. The molecular weight excluding hydrogens is 336 g/mol. The lowest BCUT2D eigenvalue weighted by Gasteiger charge is -2.01. The fraction of sp³-hybridized carbons (Fsp3) is 0. The molecule has 6 nitrogen and oxygen atoms in total. The molecule has 0 aliphatic rings. The number of hydrogen-bond donors (Lipinski definition) is 3. The van der Waals surface area contributed by atoms with Gasteiger partial charge in [0.25, 0.3) is 5.56 Å². The van der Waals surface area contributed by atoms with Crippen molar-refractivity contribution < 1.29 is 4.79 Å². The first-order valence-corrected chi connectivity index (χ1v) is 7.57. The van der Waals surface area contributed by atoms with Crippen LogP contribution in [0.15, 0.2) is 29.1 Å². The van der Waals surface area contributed by atoms with Crippen molar-refractivity contribution in [2.45, 2.75) is 0 Å². The van der Waals surface area contributed by atoms with Crippen LogP contribution >= 0.6 is 22.9 Å². The average molecular weight is 345 g/mol. The fourth-order valence-electron chi connectivity index (χ4n) is 2.22. The molecule has 3 rings (SSSR count). The number of H-pyrrole nitrogens is 1. The molecule has 5 N–H and O–H groups in total. The van der Waals surface area contributed by atoms with Gasteiger partial charge in [-0.3, -0.25) is 9.59 Å². The van der Waals surface area contributed by atoms with Crippen molar-refractivity contribution in [1.29, 1.82) is 5.26 Å². The smallest absolute Gasteiger partial charge is 0.269 e. The minimum Gasteiger partial charge on any atom is -0.397 e. The van der Waals surface area contributed by atoms with E-state index >= 15 is 0 Å². The number of nitriles is 1. The molecule has 3 aromatic rings. The Morgan fingerprint density at radius 2 is 1.87 bits per heavy atom. The van der Waals surface area contributed by atoms with Crippen molar-refractivity contribution >= 4 is 50.3 Å². The van der Waals surface area contributed by atoms with Gasteiger partial charge < -0.3 is 16.5 Å². The van der Waals surface area contributed by atoms with Gasteiger partial charge in [0.2, 0.25) is 5.78 Å². The third-order valence-electron chi connectivity index (χ3n) is 3.36. The van der Waals surface area contributed by atoms with Crippen molar-refractivity contribution in [3.05, 3.63) is 55.6 Å². The largest absolute Gasteiger partial charge is 0.397 e. The molecule has 1 aromatic carbocycles. The van der Waals surface area contributed by atoms with E-state index in [0.717, 1.165) is 11.3 Å². The second-order valence-corrected chi connectivity index (χ2v) is 6.20. The Bertz CT molecular complexity index is 1040. The van der Waals surface area contributed by atoms with E-state index in [0.29, 0.717) is 20.8 Å². The zero-order valence-electron chi connectivity index (χ0n) is 11.5. The van der Waals surface area contributed by atoms with Crippen LogP contribution < -0.4 is 17.0 Å². The Morgan fingerprint density at radius 3 is 2.48 bits per heavy atom. The molecule has 0 saturated heterocycles. The molecule has 0 amide bonds. The van der Waals surface area contributed by atoms with Crippen LogP contribution in [0.5, 0.6) is 0 Å². The lowest BCUT2D eigenvalue weighted by Crippen LogP contribution is -2.12. The van der Waals surface area contributed by atoms with Gasteiger partial charge in [0.05, 0.1) is 16.8 Å². The molecule has 0 saturated carbocycles. The van der Waals surface area contributed by atoms with Gasteiger partial charge in [0, 0.05) is 10.6 Å². The highest BCUT2D eigenvalue weighted by molar-refractivity contribution is 7.21. The van der Waals surface area contributed by atoms with E-state index in [1.54, 1.807) is 30.3 Å². The number of halogens is 1. The van der Waals surface area contributed by atoms with Crippen LogP contribution in [0.3, 0.4) is 0 Å². The monoisotopic (exact) mass is 344 g/mol. The first kappa shape index (κ1) is 15.1. The van der Waals surface area contributed by atoms with Gasteiger partial charge in [0.1, 0.15) is 21.3 Å². The van der Waals surface area contributed by atoms with Crippen LogP contribution in [0, 0.1) is 11.3 Å². The van der Waals surface area contributed by atoms with E-state index in [1.165, 1.54) is 0 Å². The number of benzene rings is 1. The predicted octanol–water partition coefficient (Wildman–Crippen LogP) is 2.51. The topological polar surface area (TPSA) is 126 Å². The van der Waals surface area contributed by atoms with E-state index in [1.807, 2.05) is 0 Å². The number of pyridine rings is 1. The second kappa shape index (κ2) is 5.43. The number of anilines is 2. The zero-order chi connectivity index (χ0) is 16.7. The Balaban J connectivity index is 2.24. The maximum Gasteiger partial charge on any atom is 0.269 e. The second-order valence-electron chi connectivity index (χ2n) is 4.74. The highest BCUT2D eigenvalue weighted by Crippen LogP contribution is 2.37. The van der Waals surface area contributed by atoms with Gasteiger partial charge in [-0.05, 0) is 24.3 Å². The normalized spacial score (nSPS) is 10.6. The molecule has 2 aromatic heterocycles. The van der Waals surface area contributed by atoms with Gasteiger partial charge in [-0.2, -0.15) is 5.26 Å². The summed E-state index contributed by atoms with van der Waals surface area (Å²) >= 11 is 6.84. The highest BCUT2D eigenvalue weighted by Gasteiger charge is 2.22. The Morgan fingerprint density at radius 1 is 1.22 bits per heavy atom. The van der Waals surface area contributed by atoms with Crippen molar-refractivity contribution in [2.75, 3.05) is 11.5 Å². The Hall–Kier alpha value is -2.82. The molecule has 0 aliphatic carbocycles. The lowest BCUT2D eigenvalue weighted by atomic mass is 10.1. The summed E-state index contributed by atoms with van der Waals surface area (Å²) in [4.78, 5) is 27.5. The molecule has 8 heteroatoms. The van der Waals surface area contributed by atoms with Gasteiger partial charge in [-0.1, -0.05) is 11.6 Å². The van der Waals surface area contributed by atoms with Gasteiger partial charge >= 0.3 is 0 Å². The number of fused-ring (bicyclic) bond motifs is 1. The van der Waals surface area contributed by atoms with Crippen molar-refractivity contribution in [3.63, 3.8) is 0 Å².